The molecule has 3 aliphatic rings. The van der Waals surface area contributed by atoms with E-state index in [9.17, 15) is 14.9 Å². The van der Waals surface area contributed by atoms with Crippen molar-refractivity contribution in [1.82, 2.24) is 24.4 Å². The number of nitriles is 1. The summed E-state index contributed by atoms with van der Waals surface area (Å²) in [6.45, 7) is 8.93. The van der Waals surface area contributed by atoms with E-state index in [0.717, 1.165) is 0 Å². The molecule has 5 heterocycles. The lowest BCUT2D eigenvalue weighted by Crippen LogP contribution is -2.56. The van der Waals surface area contributed by atoms with Gasteiger partial charge in [0.25, 0.3) is 0 Å². The number of aliphatic imine (C=N–C) groups is 1. The summed E-state index contributed by atoms with van der Waals surface area (Å²) < 4.78 is 36.1. The van der Waals surface area contributed by atoms with Gasteiger partial charge >= 0.3 is 12.2 Å². The Bertz CT molecular complexity index is 1420. The molecule has 15 nitrogen and oxygen atoms in total. The zero-order valence-corrected chi connectivity index (χ0v) is 24.6. The lowest BCUT2D eigenvalue weighted by molar-refractivity contribution is -0.205. The van der Waals surface area contributed by atoms with Crippen molar-refractivity contribution in [3.63, 3.8) is 0 Å². The van der Waals surface area contributed by atoms with E-state index < -0.39 is 53.7 Å². The predicted molar refractivity (Wildman–Crippen MR) is 145 cm³/mol. The summed E-state index contributed by atoms with van der Waals surface area (Å²) in [6.07, 6.45) is -1.44. The van der Waals surface area contributed by atoms with Gasteiger partial charge in [-0.05, 0) is 46.8 Å². The molecule has 0 bridgehead atoms. The van der Waals surface area contributed by atoms with Crippen LogP contribution in [0, 0.1) is 11.3 Å². The molecular formula is C27H35N7O8. The fourth-order valence-corrected chi connectivity index (χ4v) is 5.01. The Morgan fingerprint density at radius 2 is 1.98 bits per heavy atom. The van der Waals surface area contributed by atoms with Crippen LogP contribution in [0.15, 0.2) is 23.5 Å². The molecule has 4 atom stereocenters. The molecule has 226 valence electrons. The van der Waals surface area contributed by atoms with Crippen LogP contribution in [0.25, 0.3) is 5.52 Å². The van der Waals surface area contributed by atoms with E-state index in [1.807, 2.05) is 14.1 Å². The Morgan fingerprint density at radius 3 is 2.64 bits per heavy atom. The summed E-state index contributed by atoms with van der Waals surface area (Å²) in [5, 5.41) is 14.9. The molecule has 0 N–H and O–H groups in total. The van der Waals surface area contributed by atoms with Gasteiger partial charge in [0, 0.05) is 14.1 Å². The van der Waals surface area contributed by atoms with Crippen LogP contribution in [0.4, 0.5) is 15.4 Å². The van der Waals surface area contributed by atoms with Crippen LogP contribution in [0.2, 0.25) is 0 Å². The Kier molecular flexibility index (Phi) is 7.50. The number of aromatic nitrogens is 3. The standard InChI is InChI=1S/C27H35N7O8/c1-25(2,3)42-23(35)33-10-16(11-33)38-24(36)37-12-18-20-21(41-26(4,5)40-20)27(13-28,39-18)19-9-8-17-22(30-15-32(6)7)29-14-31-34(17)19/h8-9,14-16,18,20-21H,10-12H2,1-7H3/t18-,20-,21-,27+/m1/s1. The molecule has 0 aromatic carbocycles. The third-order valence-electron chi connectivity index (χ3n) is 6.75. The first-order valence-corrected chi connectivity index (χ1v) is 13.5. The van der Waals surface area contributed by atoms with Gasteiger partial charge in [-0.25, -0.2) is 24.1 Å². The van der Waals surface area contributed by atoms with Crippen molar-refractivity contribution >= 4 is 29.9 Å². The van der Waals surface area contributed by atoms with Crippen molar-refractivity contribution in [1.29, 1.82) is 5.26 Å². The molecule has 42 heavy (non-hydrogen) atoms. The minimum atomic E-state index is -1.65. The molecule has 0 unspecified atom stereocenters. The minimum Gasteiger partial charge on any atom is -0.444 e. The molecule has 2 aromatic heterocycles. The van der Waals surface area contributed by atoms with Crippen molar-refractivity contribution in [2.75, 3.05) is 33.8 Å². The number of ether oxygens (including phenoxy) is 6. The highest BCUT2D eigenvalue weighted by molar-refractivity contribution is 5.71. The number of amides is 1. The van der Waals surface area contributed by atoms with Crippen LogP contribution in [0.5, 0.6) is 0 Å². The van der Waals surface area contributed by atoms with E-state index in [1.165, 1.54) is 15.7 Å². The fraction of sp³-hybridized carbons (Fsp3) is 0.630. The van der Waals surface area contributed by atoms with E-state index in [1.54, 1.807) is 58.0 Å². The van der Waals surface area contributed by atoms with Crippen molar-refractivity contribution in [3.05, 3.63) is 24.2 Å². The Balaban J connectivity index is 1.29. The summed E-state index contributed by atoms with van der Waals surface area (Å²) in [4.78, 5) is 36.5. The average molecular weight is 586 g/mol. The molecule has 1 amide bonds. The second-order valence-corrected chi connectivity index (χ2v) is 12.0. The maximum atomic E-state index is 12.5. The van der Waals surface area contributed by atoms with E-state index in [2.05, 4.69) is 21.1 Å². The van der Waals surface area contributed by atoms with Crippen molar-refractivity contribution in [2.24, 2.45) is 4.99 Å². The topological polar surface area (TPSA) is 162 Å². The Hall–Kier alpha value is -4.00. The second kappa shape index (κ2) is 10.7. The summed E-state index contributed by atoms with van der Waals surface area (Å²) in [5.74, 6) is -0.624. The number of fused-ring (bicyclic) bond motifs is 2. The molecular weight excluding hydrogens is 550 g/mol. The summed E-state index contributed by atoms with van der Waals surface area (Å²) in [5.41, 5.74) is -1.32. The van der Waals surface area contributed by atoms with Crippen LogP contribution < -0.4 is 0 Å². The Morgan fingerprint density at radius 1 is 1.24 bits per heavy atom. The number of carbonyl (C=O) groups is 2. The van der Waals surface area contributed by atoms with Gasteiger partial charge in [0.1, 0.15) is 54.5 Å². The van der Waals surface area contributed by atoms with Gasteiger partial charge in [0.15, 0.2) is 11.6 Å². The van der Waals surface area contributed by atoms with E-state index in [0.29, 0.717) is 17.0 Å². The molecule has 0 aliphatic carbocycles. The van der Waals surface area contributed by atoms with Gasteiger partial charge < -0.3 is 38.2 Å². The summed E-state index contributed by atoms with van der Waals surface area (Å²) in [7, 11) is 3.68. The highest BCUT2D eigenvalue weighted by Gasteiger charge is 2.65. The van der Waals surface area contributed by atoms with Crippen LogP contribution in [-0.2, 0) is 34.0 Å². The molecule has 3 fully saturated rings. The van der Waals surface area contributed by atoms with E-state index in [-0.39, 0.29) is 19.7 Å². The first-order valence-electron chi connectivity index (χ1n) is 13.5. The predicted octanol–water partition coefficient (Wildman–Crippen LogP) is 2.36. The van der Waals surface area contributed by atoms with E-state index in [4.69, 9.17) is 28.4 Å². The fourth-order valence-electron chi connectivity index (χ4n) is 5.01. The molecule has 0 spiro atoms. The average Bonchev–Trinajstić information content (AvgIpc) is 3.52. The highest BCUT2D eigenvalue weighted by Crippen LogP contribution is 2.49. The number of likely N-dealkylation sites (tertiary alicyclic amines) is 1. The summed E-state index contributed by atoms with van der Waals surface area (Å²) >= 11 is 0. The molecule has 0 saturated carbocycles. The number of carbonyl (C=O) groups excluding carboxylic acids is 2. The number of nitrogens with zero attached hydrogens (tertiary/aromatic N) is 7. The van der Waals surface area contributed by atoms with Gasteiger partial charge in [0.2, 0.25) is 5.60 Å². The highest BCUT2D eigenvalue weighted by atomic mass is 16.8. The second-order valence-electron chi connectivity index (χ2n) is 12.0. The van der Waals surface area contributed by atoms with Gasteiger partial charge in [0.05, 0.1) is 25.1 Å². The van der Waals surface area contributed by atoms with Gasteiger partial charge in [-0.1, -0.05) is 0 Å². The first-order chi connectivity index (χ1) is 19.7. The third kappa shape index (κ3) is 5.69. The van der Waals surface area contributed by atoms with Gasteiger partial charge in [-0.3, -0.25) is 0 Å². The van der Waals surface area contributed by atoms with Crippen molar-refractivity contribution in [2.45, 2.75) is 76.0 Å². The lowest BCUT2D eigenvalue weighted by atomic mass is 9.92. The molecule has 2 aromatic rings. The van der Waals surface area contributed by atoms with Gasteiger partial charge in [-0.2, -0.15) is 10.4 Å². The van der Waals surface area contributed by atoms with Crippen LogP contribution in [0.3, 0.4) is 0 Å². The zero-order chi connectivity index (χ0) is 30.4. The maximum Gasteiger partial charge on any atom is 0.508 e. The monoisotopic (exact) mass is 585 g/mol. The van der Waals surface area contributed by atoms with Crippen LogP contribution in [0.1, 0.15) is 40.3 Å². The number of rotatable bonds is 6. The maximum absolute atomic E-state index is 12.5. The number of hydrogen-bond acceptors (Lipinski definition) is 12. The van der Waals surface area contributed by atoms with E-state index >= 15 is 0 Å². The van der Waals surface area contributed by atoms with Crippen molar-refractivity contribution < 1.29 is 38.0 Å². The smallest absolute Gasteiger partial charge is 0.444 e. The Labute approximate surface area is 242 Å². The molecule has 3 aliphatic heterocycles. The SMILES string of the molecule is CN(C)C=Nc1ncnn2c([C@]3(C#N)O[C@H](COC(=O)OC4CN(C(=O)OC(C)(C)C)C4)[C@H]4OC(C)(C)O[C@H]43)ccc12. The van der Waals surface area contributed by atoms with Crippen LogP contribution in [-0.4, -0.2) is 113 Å². The van der Waals surface area contributed by atoms with Gasteiger partial charge in [-0.15, -0.1) is 0 Å². The zero-order valence-electron chi connectivity index (χ0n) is 24.6. The first kappa shape index (κ1) is 29.5. The minimum absolute atomic E-state index is 0.195. The summed E-state index contributed by atoms with van der Waals surface area (Å²) in [6, 6.07) is 5.73. The molecule has 15 heteroatoms. The largest absolute Gasteiger partial charge is 0.508 e. The normalized spacial score (nSPS) is 27.0. The number of hydrogen-bond donors (Lipinski definition) is 0. The quantitative estimate of drug-likeness (QED) is 0.277. The van der Waals surface area contributed by atoms with Crippen LogP contribution >= 0.6 is 0 Å². The molecule has 5 rings (SSSR count). The third-order valence-corrected chi connectivity index (χ3v) is 6.75. The molecule has 3 saturated heterocycles. The van der Waals surface area contributed by atoms with Crippen molar-refractivity contribution in [3.8, 4) is 6.07 Å². The lowest BCUT2D eigenvalue weighted by Gasteiger charge is -2.38. The molecule has 0 radical (unpaired) electrons.